The van der Waals surface area contributed by atoms with Crippen LogP contribution < -0.4 is 0 Å². The van der Waals surface area contributed by atoms with Gasteiger partial charge in [0.05, 0.1) is 12.9 Å². The predicted molar refractivity (Wildman–Crippen MR) is 52.6 cm³/mol. The van der Waals surface area contributed by atoms with Gasteiger partial charge in [0.25, 0.3) is 0 Å². The smallest absolute Gasteiger partial charge is 0.118 e. The molecular weight excluding hydrogens is 164 g/mol. The second kappa shape index (κ2) is 5.25. The van der Waals surface area contributed by atoms with Crippen LogP contribution in [0.1, 0.15) is 12.0 Å². The Hall–Kier alpha value is -1.44. The minimum absolute atomic E-state index is 0.368. The highest BCUT2D eigenvalue weighted by atomic mass is 16.5. The SMILES string of the molecule is C1=COCC1.Cc1ccccc1O. The molecule has 0 bridgehead atoms. The van der Waals surface area contributed by atoms with Crippen LogP contribution in [0.15, 0.2) is 36.6 Å². The summed E-state index contributed by atoms with van der Waals surface area (Å²) < 4.78 is 4.76. The summed E-state index contributed by atoms with van der Waals surface area (Å²) in [6, 6.07) is 7.25. The van der Waals surface area contributed by atoms with Crippen molar-refractivity contribution in [3.8, 4) is 5.75 Å². The van der Waals surface area contributed by atoms with E-state index in [-0.39, 0.29) is 0 Å². The highest BCUT2D eigenvalue weighted by Crippen LogP contribution is 2.12. The molecule has 1 aromatic carbocycles. The number of phenolic OH excluding ortho intramolecular Hbond substituents is 1. The first-order valence-corrected chi connectivity index (χ1v) is 4.32. The van der Waals surface area contributed by atoms with Crippen molar-refractivity contribution in [2.24, 2.45) is 0 Å². The molecular formula is C11H14O2. The van der Waals surface area contributed by atoms with Gasteiger partial charge in [0, 0.05) is 6.42 Å². The number of ether oxygens (including phenoxy) is 1. The molecule has 70 valence electrons. The van der Waals surface area contributed by atoms with E-state index in [9.17, 15) is 0 Å². The quantitative estimate of drug-likeness (QED) is 0.661. The van der Waals surface area contributed by atoms with Gasteiger partial charge in [-0.15, -0.1) is 0 Å². The maximum absolute atomic E-state index is 8.92. The normalized spacial score (nSPS) is 13.0. The van der Waals surface area contributed by atoms with Crippen molar-refractivity contribution in [2.75, 3.05) is 6.61 Å². The van der Waals surface area contributed by atoms with Crippen LogP contribution in [0.25, 0.3) is 0 Å². The molecule has 0 amide bonds. The van der Waals surface area contributed by atoms with E-state index in [0.29, 0.717) is 5.75 Å². The maximum atomic E-state index is 8.92. The van der Waals surface area contributed by atoms with E-state index in [1.165, 1.54) is 0 Å². The maximum Gasteiger partial charge on any atom is 0.118 e. The van der Waals surface area contributed by atoms with Crippen molar-refractivity contribution in [1.82, 2.24) is 0 Å². The Labute approximate surface area is 78.5 Å². The van der Waals surface area contributed by atoms with Crippen LogP contribution in [0.3, 0.4) is 0 Å². The molecule has 0 atom stereocenters. The van der Waals surface area contributed by atoms with Crippen molar-refractivity contribution >= 4 is 0 Å². The zero-order chi connectivity index (χ0) is 9.52. The van der Waals surface area contributed by atoms with Gasteiger partial charge in [0.2, 0.25) is 0 Å². The van der Waals surface area contributed by atoms with Crippen LogP contribution in [-0.4, -0.2) is 11.7 Å². The van der Waals surface area contributed by atoms with Crippen LogP contribution in [-0.2, 0) is 4.74 Å². The van der Waals surface area contributed by atoms with E-state index >= 15 is 0 Å². The average Bonchev–Trinajstić information content (AvgIpc) is 2.68. The summed E-state index contributed by atoms with van der Waals surface area (Å²) in [5, 5.41) is 8.92. The van der Waals surface area contributed by atoms with Crippen LogP contribution in [0.2, 0.25) is 0 Å². The predicted octanol–water partition coefficient (Wildman–Crippen LogP) is 2.62. The first-order chi connectivity index (χ1) is 6.30. The second-order valence-electron chi connectivity index (χ2n) is 2.82. The number of aromatic hydroxyl groups is 1. The number of phenols is 1. The van der Waals surface area contributed by atoms with Gasteiger partial charge < -0.3 is 9.84 Å². The first-order valence-electron chi connectivity index (χ1n) is 4.32. The molecule has 1 N–H and O–H groups in total. The fourth-order valence-corrected chi connectivity index (χ4v) is 0.904. The lowest BCUT2D eigenvalue weighted by Gasteiger charge is -1.92. The van der Waals surface area contributed by atoms with Gasteiger partial charge in [-0.05, 0) is 24.6 Å². The fraction of sp³-hybridized carbons (Fsp3) is 0.273. The number of rotatable bonds is 0. The van der Waals surface area contributed by atoms with E-state index in [1.54, 1.807) is 12.3 Å². The summed E-state index contributed by atoms with van der Waals surface area (Å²) in [7, 11) is 0. The zero-order valence-corrected chi connectivity index (χ0v) is 7.73. The molecule has 0 spiro atoms. The lowest BCUT2D eigenvalue weighted by molar-refractivity contribution is 0.281. The third-order valence-corrected chi connectivity index (χ3v) is 1.71. The van der Waals surface area contributed by atoms with E-state index in [1.807, 2.05) is 31.2 Å². The number of hydrogen-bond acceptors (Lipinski definition) is 2. The molecule has 1 heterocycles. The van der Waals surface area contributed by atoms with Crippen LogP contribution in [0.4, 0.5) is 0 Å². The number of aryl methyl sites for hydroxylation is 1. The lowest BCUT2D eigenvalue weighted by Crippen LogP contribution is -1.70. The van der Waals surface area contributed by atoms with Gasteiger partial charge in [0.1, 0.15) is 5.75 Å². The minimum Gasteiger partial charge on any atom is -0.508 e. The molecule has 0 fully saturated rings. The molecule has 2 heteroatoms. The molecule has 0 unspecified atom stereocenters. The standard InChI is InChI=1S/C7H8O.C4H6O/c1-6-4-2-3-5-7(6)8;1-2-4-5-3-1/h2-5,8H,1H3;1,3H,2,4H2. The molecule has 1 aromatic rings. The topological polar surface area (TPSA) is 29.5 Å². The van der Waals surface area contributed by atoms with Crippen LogP contribution in [0.5, 0.6) is 5.75 Å². The van der Waals surface area contributed by atoms with Gasteiger partial charge >= 0.3 is 0 Å². The van der Waals surface area contributed by atoms with E-state index < -0.39 is 0 Å². The molecule has 13 heavy (non-hydrogen) atoms. The summed E-state index contributed by atoms with van der Waals surface area (Å²) in [6.07, 6.45) is 4.85. The summed E-state index contributed by atoms with van der Waals surface area (Å²) in [5.74, 6) is 0.368. The Morgan fingerprint density at radius 3 is 2.38 bits per heavy atom. The molecule has 2 nitrogen and oxygen atoms in total. The molecule has 0 radical (unpaired) electrons. The molecule has 1 aliphatic rings. The van der Waals surface area contributed by atoms with Crippen LogP contribution in [0, 0.1) is 6.92 Å². The van der Waals surface area contributed by atoms with Crippen molar-refractivity contribution in [2.45, 2.75) is 13.3 Å². The van der Waals surface area contributed by atoms with Gasteiger partial charge in [-0.25, -0.2) is 0 Å². The van der Waals surface area contributed by atoms with Gasteiger partial charge in [-0.2, -0.15) is 0 Å². The summed E-state index contributed by atoms with van der Waals surface area (Å²) in [4.78, 5) is 0. The Morgan fingerprint density at radius 1 is 1.31 bits per heavy atom. The van der Waals surface area contributed by atoms with Crippen molar-refractivity contribution in [1.29, 1.82) is 0 Å². The van der Waals surface area contributed by atoms with Crippen LogP contribution >= 0.6 is 0 Å². The third-order valence-electron chi connectivity index (χ3n) is 1.71. The molecule has 0 aliphatic carbocycles. The Bertz CT molecular complexity index is 252. The van der Waals surface area contributed by atoms with Crippen molar-refractivity contribution in [3.63, 3.8) is 0 Å². The number of hydrogen-bond donors (Lipinski definition) is 1. The highest BCUT2D eigenvalue weighted by molar-refractivity contribution is 5.29. The Kier molecular flexibility index (Phi) is 3.89. The van der Waals surface area contributed by atoms with E-state index in [4.69, 9.17) is 9.84 Å². The Balaban J connectivity index is 0.000000145. The van der Waals surface area contributed by atoms with E-state index in [0.717, 1.165) is 18.6 Å². The van der Waals surface area contributed by atoms with Gasteiger partial charge in [-0.1, -0.05) is 18.2 Å². The van der Waals surface area contributed by atoms with Crippen molar-refractivity contribution in [3.05, 3.63) is 42.2 Å². The highest BCUT2D eigenvalue weighted by Gasteiger charge is 1.87. The monoisotopic (exact) mass is 178 g/mol. The first kappa shape index (κ1) is 9.65. The van der Waals surface area contributed by atoms with Gasteiger partial charge in [-0.3, -0.25) is 0 Å². The molecule has 0 saturated carbocycles. The minimum atomic E-state index is 0.368. The van der Waals surface area contributed by atoms with E-state index in [2.05, 4.69) is 0 Å². The third kappa shape index (κ3) is 3.65. The van der Waals surface area contributed by atoms with Gasteiger partial charge in [0.15, 0.2) is 0 Å². The second-order valence-corrected chi connectivity index (χ2v) is 2.82. The zero-order valence-electron chi connectivity index (χ0n) is 7.73. The Morgan fingerprint density at radius 2 is 2.08 bits per heavy atom. The molecule has 0 saturated heterocycles. The lowest BCUT2D eigenvalue weighted by atomic mass is 10.2. The summed E-state index contributed by atoms with van der Waals surface area (Å²) >= 11 is 0. The average molecular weight is 178 g/mol. The fourth-order valence-electron chi connectivity index (χ4n) is 0.904. The molecule has 1 aliphatic heterocycles. The summed E-state index contributed by atoms with van der Waals surface area (Å²) in [6.45, 7) is 2.76. The summed E-state index contributed by atoms with van der Waals surface area (Å²) in [5.41, 5.74) is 0.924. The molecule has 2 rings (SSSR count). The number of benzene rings is 1. The molecule has 0 aromatic heterocycles. The largest absolute Gasteiger partial charge is 0.508 e. The van der Waals surface area contributed by atoms with Crippen molar-refractivity contribution < 1.29 is 9.84 Å². The number of para-hydroxylation sites is 1.